The number of benzene rings is 2. The van der Waals surface area contributed by atoms with Crippen molar-refractivity contribution < 1.29 is 14.1 Å². The number of nitro groups is 1. The SMILES string of the molecule is O=C(Nc1nc(-c2cc3ccccc3o2)cs1)c1ccc([N+](=O)[O-])cc1Cl. The number of halogens is 1. The first-order chi connectivity index (χ1) is 13.0. The van der Waals surface area contributed by atoms with E-state index in [9.17, 15) is 14.9 Å². The van der Waals surface area contributed by atoms with Crippen LogP contribution < -0.4 is 5.32 Å². The molecule has 2 aromatic heterocycles. The van der Waals surface area contributed by atoms with Gasteiger partial charge in [0.05, 0.1) is 15.5 Å². The predicted molar refractivity (Wildman–Crippen MR) is 103 cm³/mol. The number of anilines is 1. The van der Waals surface area contributed by atoms with E-state index < -0.39 is 10.8 Å². The third-order valence-electron chi connectivity index (χ3n) is 3.81. The van der Waals surface area contributed by atoms with Crippen molar-refractivity contribution in [2.24, 2.45) is 0 Å². The second kappa shape index (κ2) is 6.82. The summed E-state index contributed by atoms with van der Waals surface area (Å²) in [5.74, 6) is 0.0988. The van der Waals surface area contributed by atoms with Crippen LogP contribution in [-0.2, 0) is 0 Å². The number of nitrogens with one attached hydrogen (secondary N) is 1. The monoisotopic (exact) mass is 399 g/mol. The molecule has 0 aliphatic carbocycles. The topological polar surface area (TPSA) is 98.3 Å². The fraction of sp³-hybridized carbons (Fsp3) is 0. The predicted octanol–water partition coefficient (Wildman–Crippen LogP) is 5.37. The van der Waals surface area contributed by atoms with E-state index in [1.54, 1.807) is 5.38 Å². The maximum Gasteiger partial charge on any atom is 0.270 e. The first kappa shape index (κ1) is 17.2. The number of nitro benzene ring substituents is 1. The molecule has 0 saturated carbocycles. The molecule has 0 radical (unpaired) electrons. The van der Waals surface area contributed by atoms with Crippen LogP contribution in [0.1, 0.15) is 10.4 Å². The van der Waals surface area contributed by atoms with Gasteiger partial charge in [-0.15, -0.1) is 11.3 Å². The first-order valence-electron chi connectivity index (χ1n) is 7.71. The molecule has 0 unspecified atom stereocenters. The number of carbonyl (C=O) groups excluding carboxylic acids is 1. The minimum atomic E-state index is -0.575. The summed E-state index contributed by atoms with van der Waals surface area (Å²) in [5.41, 5.74) is 1.30. The highest BCUT2D eigenvalue weighted by Crippen LogP contribution is 2.30. The highest BCUT2D eigenvalue weighted by atomic mass is 35.5. The van der Waals surface area contributed by atoms with E-state index >= 15 is 0 Å². The Hall–Kier alpha value is -3.23. The van der Waals surface area contributed by atoms with Crippen molar-refractivity contribution in [3.05, 3.63) is 74.6 Å². The van der Waals surface area contributed by atoms with E-state index in [0.717, 1.165) is 17.0 Å². The van der Waals surface area contributed by atoms with Crippen LogP contribution in [0.25, 0.3) is 22.4 Å². The smallest absolute Gasteiger partial charge is 0.270 e. The Morgan fingerprint density at radius 1 is 1.22 bits per heavy atom. The number of fused-ring (bicyclic) bond motifs is 1. The number of non-ortho nitro benzene ring substituents is 1. The van der Waals surface area contributed by atoms with E-state index in [1.807, 2.05) is 30.3 Å². The Kier molecular flexibility index (Phi) is 4.35. The average Bonchev–Trinajstić information content (AvgIpc) is 3.27. The van der Waals surface area contributed by atoms with E-state index in [4.69, 9.17) is 16.0 Å². The zero-order valence-corrected chi connectivity index (χ0v) is 15.1. The molecule has 7 nitrogen and oxygen atoms in total. The molecule has 0 aliphatic rings. The van der Waals surface area contributed by atoms with Crippen molar-refractivity contribution in [2.45, 2.75) is 0 Å². The number of para-hydroxylation sites is 1. The Labute approximate surface area is 161 Å². The fourth-order valence-electron chi connectivity index (χ4n) is 2.52. The highest BCUT2D eigenvalue weighted by molar-refractivity contribution is 7.14. The zero-order chi connectivity index (χ0) is 19.0. The maximum absolute atomic E-state index is 12.4. The number of furan rings is 1. The lowest BCUT2D eigenvalue weighted by Gasteiger charge is -2.03. The summed E-state index contributed by atoms with van der Waals surface area (Å²) >= 11 is 7.22. The Morgan fingerprint density at radius 3 is 2.78 bits per heavy atom. The van der Waals surface area contributed by atoms with E-state index in [0.29, 0.717) is 16.6 Å². The van der Waals surface area contributed by atoms with Crippen LogP contribution in [0.2, 0.25) is 5.02 Å². The summed E-state index contributed by atoms with van der Waals surface area (Å²) in [5, 5.41) is 16.5. The van der Waals surface area contributed by atoms with Gasteiger partial charge in [-0.1, -0.05) is 29.8 Å². The van der Waals surface area contributed by atoms with Gasteiger partial charge in [0.1, 0.15) is 11.3 Å². The number of hydrogen-bond acceptors (Lipinski definition) is 6. The lowest BCUT2D eigenvalue weighted by atomic mass is 10.2. The summed E-state index contributed by atoms with van der Waals surface area (Å²) in [6.45, 7) is 0. The van der Waals surface area contributed by atoms with Gasteiger partial charge in [0.2, 0.25) is 0 Å². The molecule has 1 amide bonds. The minimum Gasteiger partial charge on any atom is -0.454 e. The summed E-state index contributed by atoms with van der Waals surface area (Å²) in [6, 6.07) is 13.2. The molecule has 1 N–H and O–H groups in total. The highest BCUT2D eigenvalue weighted by Gasteiger charge is 2.17. The van der Waals surface area contributed by atoms with Gasteiger partial charge >= 0.3 is 0 Å². The third-order valence-corrected chi connectivity index (χ3v) is 4.88. The molecule has 27 heavy (non-hydrogen) atoms. The van der Waals surface area contributed by atoms with Crippen molar-refractivity contribution in [1.29, 1.82) is 0 Å². The lowest BCUT2D eigenvalue weighted by molar-refractivity contribution is -0.384. The minimum absolute atomic E-state index is 0.00392. The maximum atomic E-state index is 12.4. The number of carbonyl (C=O) groups is 1. The lowest BCUT2D eigenvalue weighted by Crippen LogP contribution is -2.12. The number of thiazole rings is 1. The number of nitrogens with zero attached hydrogens (tertiary/aromatic N) is 2. The molecule has 2 heterocycles. The van der Waals surface area contributed by atoms with Gasteiger partial charge in [0, 0.05) is 22.9 Å². The van der Waals surface area contributed by atoms with Crippen molar-refractivity contribution in [1.82, 2.24) is 4.98 Å². The van der Waals surface area contributed by atoms with Crippen LogP contribution in [0.15, 0.2) is 58.3 Å². The Balaban J connectivity index is 1.55. The van der Waals surface area contributed by atoms with Gasteiger partial charge in [-0.25, -0.2) is 4.98 Å². The quantitative estimate of drug-likeness (QED) is 0.367. The summed E-state index contributed by atoms with van der Waals surface area (Å²) in [6.07, 6.45) is 0. The van der Waals surface area contributed by atoms with Gasteiger partial charge in [0.25, 0.3) is 11.6 Å². The van der Waals surface area contributed by atoms with Crippen LogP contribution in [-0.4, -0.2) is 15.8 Å². The van der Waals surface area contributed by atoms with Crippen molar-refractivity contribution in [2.75, 3.05) is 5.32 Å². The molecule has 0 aliphatic heterocycles. The molecule has 4 aromatic rings. The summed E-state index contributed by atoms with van der Waals surface area (Å²) in [4.78, 5) is 26.9. The van der Waals surface area contributed by atoms with Crippen LogP contribution in [0.3, 0.4) is 0 Å². The van der Waals surface area contributed by atoms with Gasteiger partial charge < -0.3 is 4.42 Å². The molecule has 0 saturated heterocycles. The molecule has 9 heteroatoms. The van der Waals surface area contributed by atoms with Gasteiger partial charge in [-0.2, -0.15) is 0 Å². The van der Waals surface area contributed by atoms with Crippen LogP contribution in [0.5, 0.6) is 0 Å². The standard InChI is InChI=1S/C18H10ClN3O4S/c19-13-8-11(22(24)25)5-6-12(13)17(23)21-18-20-14(9-27-18)16-7-10-3-1-2-4-15(10)26-16/h1-9H,(H,20,21,23). The molecule has 4 rings (SSSR count). The molecule has 0 bridgehead atoms. The molecular formula is C18H10ClN3O4S. The normalized spacial score (nSPS) is 10.9. The van der Waals surface area contributed by atoms with Crippen molar-refractivity contribution in [3.8, 4) is 11.5 Å². The molecule has 0 spiro atoms. The molecule has 0 fully saturated rings. The largest absolute Gasteiger partial charge is 0.454 e. The number of amides is 1. The first-order valence-corrected chi connectivity index (χ1v) is 8.97. The van der Waals surface area contributed by atoms with Gasteiger partial charge in [0.15, 0.2) is 10.9 Å². The summed E-state index contributed by atoms with van der Waals surface area (Å²) < 4.78 is 5.76. The van der Waals surface area contributed by atoms with E-state index in [2.05, 4.69) is 10.3 Å². The molecule has 134 valence electrons. The molecule has 0 atom stereocenters. The number of hydrogen-bond donors (Lipinski definition) is 1. The molecule has 2 aromatic carbocycles. The van der Waals surface area contributed by atoms with Crippen molar-refractivity contribution in [3.63, 3.8) is 0 Å². The number of rotatable bonds is 4. The Morgan fingerprint density at radius 2 is 2.04 bits per heavy atom. The summed E-state index contributed by atoms with van der Waals surface area (Å²) in [7, 11) is 0. The van der Waals surface area contributed by atoms with E-state index in [-0.39, 0.29) is 16.3 Å². The molecular weight excluding hydrogens is 390 g/mol. The zero-order valence-electron chi connectivity index (χ0n) is 13.5. The van der Waals surface area contributed by atoms with Gasteiger partial charge in [-0.3, -0.25) is 20.2 Å². The van der Waals surface area contributed by atoms with Crippen molar-refractivity contribution >= 4 is 50.6 Å². The van der Waals surface area contributed by atoms with Gasteiger partial charge in [-0.05, 0) is 18.2 Å². The average molecular weight is 400 g/mol. The van der Waals surface area contributed by atoms with E-state index in [1.165, 1.54) is 23.5 Å². The fourth-order valence-corrected chi connectivity index (χ4v) is 3.47. The van der Waals surface area contributed by atoms with Crippen LogP contribution in [0.4, 0.5) is 10.8 Å². The van der Waals surface area contributed by atoms with Crippen LogP contribution in [0, 0.1) is 10.1 Å². The third kappa shape index (κ3) is 3.40. The number of aromatic nitrogens is 1. The van der Waals surface area contributed by atoms with Crippen LogP contribution >= 0.6 is 22.9 Å². The second-order valence-corrected chi connectivity index (χ2v) is 6.83. The second-order valence-electron chi connectivity index (χ2n) is 5.56. The Bertz CT molecular complexity index is 1150.